The zero-order valence-electron chi connectivity index (χ0n) is 25.1. The quantitative estimate of drug-likeness (QED) is 0.101. The molecule has 0 saturated carbocycles. The SMILES string of the molecule is COCCOCCS.COCCOCCS.SCCOCCOc1ccccc1.SCCOCCOc1ccccc1. The molecule has 0 saturated heterocycles. The van der Waals surface area contributed by atoms with Gasteiger partial charge in [0, 0.05) is 37.2 Å². The minimum absolute atomic E-state index is 0.595. The van der Waals surface area contributed by atoms with Gasteiger partial charge in [-0.2, -0.15) is 50.5 Å². The first kappa shape index (κ1) is 43.3. The van der Waals surface area contributed by atoms with Gasteiger partial charge in [0.1, 0.15) is 24.7 Å². The number of benzene rings is 2. The molecule has 0 spiro atoms. The molecule has 244 valence electrons. The summed E-state index contributed by atoms with van der Waals surface area (Å²) < 4.78 is 40.7. The summed E-state index contributed by atoms with van der Waals surface area (Å²) in [6.07, 6.45) is 0. The fraction of sp³-hybridized carbons (Fsp3) is 0.600. The minimum atomic E-state index is 0.595. The van der Waals surface area contributed by atoms with Gasteiger partial charge >= 0.3 is 0 Å². The summed E-state index contributed by atoms with van der Waals surface area (Å²) >= 11 is 16.0. The lowest BCUT2D eigenvalue weighted by atomic mass is 10.3. The highest BCUT2D eigenvalue weighted by Crippen LogP contribution is 2.08. The van der Waals surface area contributed by atoms with Gasteiger partial charge in [-0.3, -0.25) is 0 Å². The van der Waals surface area contributed by atoms with Crippen LogP contribution in [0.25, 0.3) is 0 Å². The Morgan fingerprint density at radius 1 is 0.381 bits per heavy atom. The number of thiol groups is 4. The van der Waals surface area contributed by atoms with Crippen LogP contribution >= 0.6 is 50.5 Å². The molecule has 0 unspecified atom stereocenters. The first-order valence-corrected chi connectivity index (χ1v) is 16.3. The zero-order chi connectivity index (χ0) is 31.2. The van der Waals surface area contributed by atoms with Crippen LogP contribution in [0, 0.1) is 0 Å². The molecule has 0 N–H and O–H groups in total. The van der Waals surface area contributed by atoms with Crippen molar-refractivity contribution in [1.29, 1.82) is 0 Å². The van der Waals surface area contributed by atoms with E-state index in [0.29, 0.717) is 79.3 Å². The smallest absolute Gasteiger partial charge is 0.119 e. The van der Waals surface area contributed by atoms with Gasteiger partial charge in [0.05, 0.1) is 66.1 Å². The third-order valence-corrected chi connectivity index (χ3v) is 5.02. The van der Waals surface area contributed by atoms with Crippen molar-refractivity contribution in [1.82, 2.24) is 0 Å². The summed E-state index contributed by atoms with van der Waals surface area (Å²) in [6.45, 7) is 7.93. The zero-order valence-corrected chi connectivity index (χ0v) is 28.7. The predicted octanol–water partition coefficient (Wildman–Crippen LogP) is 5.18. The van der Waals surface area contributed by atoms with Crippen molar-refractivity contribution >= 4 is 50.5 Å². The second kappa shape index (κ2) is 40.2. The average molecular weight is 669 g/mol. The van der Waals surface area contributed by atoms with Gasteiger partial charge in [-0.1, -0.05) is 36.4 Å². The molecule has 8 nitrogen and oxygen atoms in total. The summed E-state index contributed by atoms with van der Waals surface area (Å²) in [5.74, 6) is 4.85. The van der Waals surface area contributed by atoms with Crippen LogP contribution in [-0.2, 0) is 28.4 Å². The standard InChI is InChI=1S/2C10H14O2S.2C5H12O2S/c2*13-9-8-11-6-7-12-10-4-2-1-3-5-10;2*1-6-2-3-7-4-5-8/h2*1-5,13H,6-9H2;2*8H,2-5H2,1H3. The Bertz CT molecular complexity index is 647. The molecule has 0 bridgehead atoms. The molecule has 0 aliphatic rings. The van der Waals surface area contributed by atoms with Crippen molar-refractivity contribution in [3.05, 3.63) is 60.7 Å². The molecule has 2 rings (SSSR count). The Hall–Kier alpha value is -0.800. The van der Waals surface area contributed by atoms with Crippen LogP contribution in [0.15, 0.2) is 60.7 Å². The molecule has 0 aliphatic carbocycles. The lowest BCUT2D eigenvalue weighted by Gasteiger charge is -2.05. The predicted molar refractivity (Wildman–Crippen MR) is 186 cm³/mol. The number of hydrogen-bond acceptors (Lipinski definition) is 12. The Balaban J connectivity index is 0. The van der Waals surface area contributed by atoms with Crippen LogP contribution in [0.1, 0.15) is 0 Å². The van der Waals surface area contributed by atoms with Crippen molar-refractivity contribution < 1.29 is 37.9 Å². The highest BCUT2D eigenvalue weighted by Gasteiger charge is 1.92. The molecule has 0 amide bonds. The maximum Gasteiger partial charge on any atom is 0.119 e. The van der Waals surface area contributed by atoms with Gasteiger partial charge < -0.3 is 37.9 Å². The van der Waals surface area contributed by atoms with E-state index < -0.39 is 0 Å². The second-order valence-electron chi connectivity index (χ2n) is 7.65. The van der Waals surface area contributed by atoms with Crippen LogP contribution in [0.3, 0.4) is 0 Å². The Morgan fingerprint density at radius 2 is 0.667 bits per heavy atom. The van der Waals surface area contributed by atoms with Gasteiger partial charge in [-0.05, 0) is 24.3 Å². The lowest BCUT2D eigenvalue weighted by Crippen LogP contribution is -2.07. The van der Waals surface area contributed by atoms with Crippen molar-refractivity contribution in [2.45, 2.75) is 0 Å². The van der Waals surface area contributed by atoms with Gasteiger partial charge in [0.25, 0.3) is 0 Å². The third-order valence-electron chi connectivity index (χ3n) is 4.29. The first-order valence-electron chi connectivity index (χ1n) is 13.8. The fourth-order valence-corrected chi connectivity index (χ4v) is 2.94. The van der Waals surface area contributed by atoms with Crippen LogP contribution in [0.2, 0.25) is 0 Å². The first-order chi connectivity index (χ1) is 20.7. The summed E-state index contributed by atoms with van der Waals surface area (Å²) in [5, 5.41) is 0. The van der Waals surface area contributed by atoms with E-state index in [1.807, 2.05) is 60.7 Å². The van der Waals surface area contributed by atoms with Gasteiger partial charge in [0.2, 0.25) is 0 Å². The summed E-state index contributed by atoms with van der Waals surface area (Å²) in [7, 11) is 3.31. The number of rotatable bonds is 22. The second-order valence-corrected chi connectivity index (χ2v) is 9.44. The monoisotopic (exact) mass is 668 g/mol. The molecule has 0 radical (unpaired) electrons. The molecule has 0 fully saturated rings. The molecule has 0 heterocycles. The summed E-state index contributed by atoms with van der Waals surface area (Å²) in [5.41, 5.74) is 0. The molecule has 0 aliphatic heterocycles. The van der Waals surface area contributed by atoms with Crippen LogP contribution < -0.4 is 9.47 Å². The molecule has 2 aromatic rings. The van der Waals surface area contributed by atoms with Crippen LogP contribution in [-0.4, -0.2) is 117 Å². The number of para-hydroxylation sites is 2. The summed E-state index contributed by atoms with van der Waals surface area (Å²) in [4.78, 5) is 0. The van der Waals surface area contributed by atoms with Gasteiger partial charge in [-0.25, -0.2) is 0 Å². The van der Waals surface area contributed by atoms with Crippen LogP contribution in [0.5, 0.6) is 11.5 Å². The molecule has 42 heavy (non-hydrogen) atoms. The minimum Gasteiger partial charge on any atom is -0.491 e. The summed E-state index contributed by atoms with van der Waals surface area (Å²) in [6, 6.07) is 19.4. The van der Waals surface area contributed by atoms with E-state index in [4.69, 9.17) is 37.9 Å². The van der Waals surface area contributed by atoms with Crippen molar-refractivity contribution in [3.8, 4) is 11.5 Å². The molecule has 2 aromatic carbocycles. The van der Waals surface area contributed by atoms with Crippen molar-refractivity contribution in [3.63, 3.8) is 0 Å². The van der Waals surface area contributed by atoms with E-state index in [2.05, 4.69) is 50.5 Å². The van der Waals surface area contributed by atoms with Gasteiger partial charge in [-0.15, -0.1) is 0 Å². The molecule has 0 aromatic heterocycles. The molecular weight excluding hydrogens is 617 g/mol. The number of methoxy groups -OCH3 is 2. The molecular formula is C30H52O8S4. The topological polar surface area (TPSA) is 73.8 Å². The lowest BCUT2D eigenvalue weighted by molar-refractivity contribution is 0.0791. The van der Waals surface area contributed by atoms with Gasteiger partial charge in [0.15, 0.2) is 0 Å². The van der Waals surface area contributed by atoms with Crippen molar-refractivity contribution in [2.24, 2.45) is 0 Å². The maximum atomic E-state index is 5.40. The van der Waals surface area contributed by atoms with E-state index in [0.717, 1.165) is 34.5 Å². The van der Waals surface area contributed by atoms with E-state index in [1.165, 1.54) is 0 Å². The Labute approximate surface area is 276 Å². The van der Waals surface area contributed by atoms with E-state index in [-0.39, 0.29) is 0 Å². The Morgan fingerprint density at radius 3 is 0.929 bits per heavy atom. The maximum absolute atomic E-state index is 5.40. The largest absolute Gasteiger partial charge is 0.491 e. The fourth-order valence-electron chi connectivity index (χ4n) is 2.42. The average Bonchev–Trinajstić information content (AvgIpc) is 3.03. The normalized spacial score (nSPS) is 9.86. The highest BCUT2D eigenvalue weighted by molar-refractivity contribution is 7.80. The van der Waals surface area contributed by atoms with E-state index in [1.54, 1.807) is 14.2 Å². The van der Waals surface area contributed by atoms with Crippen LogP contribution in [0.4, 0.5) is 0 Å². The van der Waals surface area contributed by atoms with E-state index >= 15 is 0 Å². The Kier molecular flexibility index (Phi) is 41.5. The third kappa shape index (κ3) is 37.2. The molecule has 12 heteroatoms. The van der Waals surface area contributed by atoms with E-state index in [9.17, 15) is 0 Å². The molecule has 0 atom stereocenters. The van der Waals surface area contributed by atoms with Crippen molar-refractivity contribution in [2.75, 3.05) is 117 Å². The number of ether oxygens (including phenoxy) is 8. The highest BCUT2D eigenvalue weighted by atomic mass is 32.1. The number of hydrogen-bond donors (Lipinski definition) is 4.